The minimum atomic E-state index is -1.30. The number of hydrogen-bond acceptors (Lipinski definition) is 5. The van der Waals surface area contributed by atoms with Crippen molar-refractivity contribution in [1.29, 1.82) is 0 Å². The van der Waals surface area contributed by atoms with E-state index in [2.05, 4.69) is 0 Å². The summed E-state index contributed by atoms with van der Waals surface area (Å²) in [6.07, 6.45) is 0.545. The number of amides is 1. The van der Waals surface area contributed by atoms with Crippen molar-refractivity contribution in [3.8, 4) is 0 Å². The van der Waals surface area contributed by atoms with Gasteiger partial charge in [-0.1, -0.05) is 13.8 Å². The smallest absolute Gasteiger partial charge is 0.543 e. The van der Waals surface area contributed by atoms with Gasteiger partial charge in [0.05, 0.1) is 30.2 Å². The minimum Gasteiger partial charge on any atom is -0.543 e. The van der Waals surface area contributed by atoms with E-state index in [9.17, 15) is 14.7 Å². The van der Waals surface area contributed by atoms with E-state index in [1.165, 1.54) is 16.2 Å². The molecule has 112 valence electrons. The van der Waals surface area contributed by atoms with E-state index in [1.807, 2.05) is 13.8 Å². The second kappa shape index (κ2) is 6.45. The van der Waals surface area contributed by atoms with Gasteiger partial charge in [0.2, 0.25) is 5.91 Å². The number of thiophene rings is 1. The molecule has 1 aromatic heterocycles. The predicted molar refractivity (Wildman–Crippen MR) is 75.7 cm³/mol. The normalized spacial score (nSPS) is 23.5. The summed E-state index contributed by atoms with van der Waals surface area (Å²) in [6, 6.07) is 3.51. The minimum absolute atomic E-state index is 0. The second-order valence-electron chi connectivity index (χ2n) is 5.79. The van der Waals surface area contributed by atoms with Crippen molar-refractivity contribution in [2.24, 2.45) is 11.8 Å². The van der Waals surface area contributed by atoms with Crippen molar-refractivity contribution in [2.75, 3.05) is 0 Å². The Hall–Kier alpha value is -0.660. The van der Waals surface area contributed by atoms with Gasteiger partial charge in [0, 0.05) is 9.75 Å². The molecule has 2 aliphatic rings. The van der Waals surface area contributed by atoms with Crippen molar-refractivity contribution < 1.29 is 49.4 Å². The zero-order valence-electron chi connectivity index (χ0n) is 12.8. The van der Waals surface area contributed by atoms with E-state index in [0.717, 1.165) is 9.75 Å². The van der Waals surface area contributed by atoms with Crippen LogP contribution in [0.3, 0.4) is 0 Å². The van der Waals surface area contributed by atoms with Gasteiger partial charge in [0.1, 0.15) is 0 Å². The van der Waals surface area contributed by atoms with Crippen LogP contribution in [-0.2, 0) is 16.2 Å². The third-order valence-electron chi connectivity index (χ3n) is 4.24. The Balaban J connectivity index is 0.00000176. The van der Waals surface area contributed by atoms with E-state index < -0.39 is 5.97 Å². The summed E-state index contributed by atoms with van der Waals surface area (Å²) in [5.74, 6) is -1.35. The van der Waals surface area contributed by atoms with Gasteiger partial charge >= 0.3 is 29.6 Å². The number of fused-ring (bicyclic) bond motifs is 1. The molecule has 7 heteroatoms. The molecule has 2 aliphatic heterocycles. The summed E-state index contributed by atoms with van der Waals surface area (Å²) < 4.78 is 0. The second-order valence-corrected chi connectivity index (χ2v) is 6.96. The topological polar surface area (TPSA) is 80.7 Å². The fourth-order valence-electron chi connectivity index (χ4n) is 3.31. The molecule has 0 unspecified atom stereocenters. The quantitative estimate of drug-likeness (QED) is 0.493. The third-order valence-corrected chi connectivity index (χ3v) is 5.37. The van der Waals surface area contributed by atoms with E-state index in [0.29, 0.717) is 12.0 Å². The Morgan fingerprint density at radius 3 is 2.68 bits per heavy atom. The number of nitrogens with zero attached hydrogens (tertiary/aromatic N) is 1. The maximum atomic E-state index is 12.2. The molecule has 1 saturated heterocycles. The number of carboxylic acids is 1. The van der Waals surface area contributed by atoms with Gasteiger partial charge in [-0.3, -0.25) is 4.79 Å². The molecule has 2 atom stereocenters. The third kappa shape index (κ3) is 2.57. The number of hydrogen-bond donors (Lipinski definition) is 1. The Bertz CT molecular complexity index is 652. The van der Waals surface area contributed by atoms with Crippen LogP contribution in [0.4, 0.5) is 0 Å². The van der Waals surface area contributed by atoms with E-state index in [-0.39, 0.29) is 65.6 Å². The number of aliphatic carboxylic acids is 1. The van der Waals surface area contributed by atoms with Crippen LogP contribution in [-0.4, -0.2) is 27.9 Å². The molecule has 1 N–H and O–H groups in total. The Kier molecular flexibility index (Phi) is 5.19. The Morgan fingerprint density at radius 2 is 2.18 bits per heavy atom. The summed E-state index contributed by atoms with van der Waals surface area (Å²) in [5, 5.41) is 20.6. The largest absolute Gasteiger partial charge is 1.00 e. The number of rotatable bonds is 4. The maximum Gasteiger partial charge on any atom is 1.00 e. The van der Waals surface area contributed by atoms with Gasteiger partial charge in [-0.25, -0.2) is 0 Å². The first kappa shape index (κ1) is 17.7. The van der Waals surface area contributed by atoms with Gasteiger partial charge in [-0.15, -0.1) is 11.3 Å². The molecule has 0 bridgehead atoms. The first-order chi connectivity index (χ1) is 9.95. The summed E-state index contributed by atoms with van der Waals surface area (Å²) in [6.45, 7) is 3.89. The molecule has 0 aliphatic carbocycles. The van der Waals surface area contributed by atoms with Gasteiger partial charge in [0.15, 0.2) is 0 Å². The number of carbonyl (C=O) groups is 2. The van der Waals surface area contributed by atoms with E-state index in [4.69, 9.17) is 5.11 Å². The Morgan fingerprint density at radius 1 is 1.50 bits per heavy atom. The fraction of sp³-hybridized carbons (Fsp3) is 0.467. The van der Waals surface area contributed by atoms with Crippen LogP contribution in [0.5, 0.6) is 0 Å². The van der Waals surface area contributed by atoms with Crippen LogP contribution in [0.1, 0.15) is 30.0 Å². The average molecular weight is 329 g/mol. The standard InChI is InChI=1S/C15H17NO4S.Na/c1-7(2)12-10-5-9(11-4-3-8(6-17)21-11)13(15(19)20)16(10)14(12)18;/h3-4,7,10,12,17H,5-6H2,1-2H3,(H,19,20);/q;+1/p-1/t10-,12-;/m1./s1. The van der Waals surface area contributed by atoms with Crippen molar-refractivity contribution in [1.82, 2.24) is 4.90 Å². The van der Waals surface area contributed by atoms with E-state index in [1.54, 1.807) is 12.1 Å². The summed E-state index contributed by atoms with van der Waals surface area (Å²) >= 11 is 1.36. The van der Waals surface area contributed by atoms with Crippen LogP contribution in [0.2, 0.25) is 0 Å². The van der Waals surface area contributed by atoms with Gasteiger partial charge in [0.25, 0.3) is 0 Å². The van der Waals surface area contributed by atoms with Crippen LogP contribution >= 0.6 is 11.3 Å². The molecule has 0 radical (unpaired) electrons. The number of aliphatic hydroxyl groups excluding tert-OH is 1. The molecule has 0 spiro atoms. The summed E-state index contributed by atoms with van der Waals surface area (Å²) in [7, 11) is 0. The molecule has 1 fully saturated rings. The maximum absolute atomic E-state index is 12.2. The molecule has 1 amide bonds. The van der Waals surface area contributed by atoms with Crippen LogP contribution in [0.15, 0.2) is 17.8 Å². The molecule has 3 rings (SSSR count). The van der Waals surface area contributed by atoms with Crippen molar-refractivity contribution in [3.05, 3.63) is 27.6 Å². The van der Waals surface area contributed by atoms with E-state index >= 15 is 0 Å². The molecule has 3 heterocycles. The predicted octanol–water partition coefficient (Wildman–Crippen LogP) is -2.41. The zero-order valence-corrected chi connectivity index (χ0v) is 15.6. The molecule has 0 saturated carbocycles. The first-order valence-corrected chi connectivity index (χ1v) is 7.74. The first-order valence-electron chi connectivity index (χ1n) is 6.93. The van der Waals surface area contributed by atoms with Crippen LogP contribution in [0, 0.1) is 11.8 Å². The van der Waals surface area contributed by atoms with Gasteiger partial charge < -0.3 is 19.9 Å². The van der Waals surface area contributed by atoms with Gasteiger partial charge in [-0.05, 0) is 30.0 Å². The fourth-order valence-corrected chi connectivity index (χ4v) is 4.23. The SMILES string of the molecule is CC(C)[C@H]1C(=O)N2C(C(=O)[O-])=C(c3ccc(CO)s3)C[C@H]12.[Na+]. The molecule has 5 nitrogen and oxygen atoms in total. The number of carbonyl (C=O) groups excluding carboxylic acids is 2. The molecule has 0 aromatic carbocycles. The number of β-lactam (4-membered cyclic amide) rings is 1. The molecule has 1 aromatic rings. The van der Waals surface area contributed by atoms with Crippen molar-refractivity contribution in [2.45, 2.75) is 32.9 Å². The van der Waals surface area contributed by atoms with Crippen molar-refractivity contribution in [3.63, 3.8) is 0 Å². The molecule has 22 heavy (non-hydrogen) atoms. The summed E-state index contributed by atoms with van der Waals surface area (Å²) in [5.41, 5.74) is 0.662. The number of aliphatic hydroxyl groups is 1. The van der Waals surface area contributed by atoms with Crippen molar-refractivity contribution >= 4 is 28.8 Å². The number of carboxylic acid groups (broad SMARTS) is 1. The Labute approximate surface area is 154 Å². The van der Waals surface area contributed by atoms with Gasteiger partial charge in [-0.2, -0.15) is 0 Å². The summed E-state index contributed by atoms with van der Waals surface area (Å²) in [4.78, 5) is 26.6. The average Bonchev–Trinajstić information content (AvgIpc) is 2.99. The van der Waals surface area contributed by atoms with Crippen LogP contribution < -0.4 is 34.7 Å². The van der Waals surface area contributed by atoms with Crippen LogP contribution in [0.25, 0.3) is 5.57 Å². The zero-order chi connectivity index (χ0) is 15.3. The molecular formula is C15H16NNaO4S. The monoisotopic (exact) mass is 329 g/mol. The molecular weight excluding hydrogens is 313 g/mol.